The molecule has 0 radical (unpaired) electrons. The van der Waals surface area contributed by atoms with Crippen molar-refractivity contribution in [2.75, 3.05) is 18.8 Å². The highest BCUT2D eigenvalue weighted by Gasteiger charge is 2.26. The molecule has 1 atom stereocenters. The van der Waals surface area contributed by atoms with Crippen LogP contribution in [-0.4, -0.2) is 24.0 Å². The second kappa shape index (κ2) is 4.23. The summed E-state index contributed by atoms with van der Waals surface area (Å²) in [5.41, 5.74) is 9.81. The predicted molar refractivity (Wildman–Crippen MR) is 65.0 cm³/mol. The molecule has 0 bridgehead atoms. The Morgan fingerprint density at radius 1 is 1.27 bits per heavy atom. The van der Waals surface area contributed by atoms with Crippen LogP contribution in [0.25, 0.3) is 0 Å². The summed E-state index contributed by atoms with van der Waals surface area (Å²) < 4.78 is 0. The first-order valence-corrected chi connectivity index (χ1v) is 5.86. The van der Waals surface area contributed by atoms with Gasteiger partial charge in [0.1, 0.15) is 0 Å². The maximum atomic E-state index is 6.00. The summed E-state index contributed by atoms with van der Waals surface area (Å²) in [5.74, 6) is 0. The molecule has 1 aromatic carbocycles. The number of likely N-dealkylation sites (N-methyl/N-ethyl adjacent to an activating group) is 1. The summed E-state index contributed by atoms with van der Waals surface area (Å²) in [6, 6.07) is 6.97. The number of nitrogen functional groups attached to an aromatic ring is 1. The zero-order valence-corrected chi connectivity index (χ0v) is 9.66. The van der Waals surface area contributed by atoms with E-state index in [1.807, 2.05) is 6.07 Å². The minimum atomic E-state index is 0.666. The number of fused-ring (bicyclic) bond motifs is 1. The third kappa shape index (κ3) is 1.86. The van der Waals surface area contributed by atoms with Gasteiger partial charge in [-0.1, -0.05) is 26.0 Å². The Labute approximate surface area is 92.1 Å². The Morgan fingerprint density at radius 3 is 2.60 bits per heavy atom. The van der Waals surface area contributed by atoms with Crippen LogP contribution >= 0.6 is 0 Å². The summed E-state index contributed by atoms with van der Waals surface area (Å²) in [5, 5.41) is 0. The van der Waals surface area contributed by atoms with Crippen LogP contribution in [0.4, 0.5) is 5.69 Å². The molecule has 82 valence electrons. The average Bonchev–Trinajstić information content (AvgIpc) is 2.65. The summed E-state index contributed by atoms with van der Waals surface area (Å²) in [6.07, 6.45) is 2.30. The number of anilines is 1. The number of nitrogens with two attached hydrogens (primary N) is 1. The van der Waals surface area contributed by atoms with Gasteiger partial charge >= 0.3 is 0 Å². The monoisotopic (exact) mass is 204 g/mol. The Kier molecular flexibility index (Phi) is 2.96. The third-order valence-electron chi connectivity index (χ3n) is 3.53. The van der Waals surface area contributed by atoms with E-state index in [1.54, 1.807) is 0 Å². The fraction of sp³-hybridized carbons (Fsp3) is 0.538. The van der Waals surface area contributed by atoms with E-state index in [9.17, 15) is 0 Å². The van der Waals surface area contributed by atoms with Crippen molar-refractivity contribution in [3.63, 3.8) is 0 Å². The smallest absolute Gasteiger partial charge is 0.0349 e. The van der Waals surface area contributed by atoms with Crippen molar-refractivity contribution in [2.45, 2.75) is 32.7 Å². The molecule has 0 aromatic heterocycles. The molecule has 0 spiro atoms. The summed E-state index contributed by atoms with van der Waals surface area (Å²) in [6.45, 7) is 6.73. The van der Waals surface area contributed by atoms with Crippen molar-refractivity contribution in [3.05, 3.63) is 29.3 Å². The van der Waals surface area contributed by atoms with Gasteiger partial charge in [-0.15, -0.1) is 0 Å². The van der Waals surface area contributed by atoms with E-state index in [-0.39, 0.29) is 0 Å². The van der Waals surface area contributed by atoms with Crippen LogP contribution in [0, 0.1) is 0 Å². The van der Waals surface area contributed by atoms with E-state index >= 15 is 0 Å². The Bertz CT molecular complexity index is 342. The molecule has 1 aliphatic rings. The van der Waals surface area contributed by atoms with Crippen LogP contribution in [0.5, 0.6) is 0 Å². The van der Waals surface area contributed by atoms with Crippen LogP contribution in [0.15, 0.2) is 18.2 Å². The summed E-state index contributed by atoms with van der Waals surface area (Å²) in [4.78, 5) is 2.53. The highest BCUT2D eigenvalue weighted by Crippen LogP contribution is 2.29. The molecule has 1 aromatic rings. The zero-order chi connectivity index (χ0) is 10.8. The topological polar surface area (TPSA) is 29.3 Å². The first-order chi connectivity index (χ1) is 7.26. The normalized spacial score (nSPS) is 19.5. The Balaban J connectivity index is 2.18. The second-order valence-electron chi connectivity index (χ2n) is 4.27. The fourth-order valence-corrected chi connectivity index (χ4v) is 2.65. The van der Waals surface area contributed by atoms with Gasteiger partial charge in [0.25, 0.3) is 0 Å². The molecule has 2 nitrogen and oxygen atoms in total. The first-order valence-electron chi connectivity index (χ1n) is 5.86. The average molecular weight is 204 g/mol. The molecule has 1 aliphatic carbocycles. The molecule has 2 rings (SSSR count). The van der Waals surface area contributed by atoms with Crippen molar-refractivity contribution in [1.82, 2.24) is 4.90 Å². The van der Waals surface area contributed by atoms with Gasteiger partial charge in [-0.05, 0) is 43.1 Å². The van der Waals surface area contributed by atoms with Gasteiger partial charge < -0.3 is 10.6 Å². The molecular formula is C13H20N2. The first kappa shape index (κ1) is 10.5. The van der Waals surface area contributed by atoms with Crippen LogP contribution in [0.2, 0.25) is 0 Å². The highest BCUT2D eigenvalue weighted by molar-refractivity contribution is 5.53. The van der Waals surface area contributed by atoms with E-state index in [0.717, 1.165) is 25.2 Å². The minimum Gasteiger partial charge on any atom is -0.398 e. The van der Waals surface area contributed by atoms with Gasteiger partial charge in [0, 0.05) is 11.7 Å². The number of nitrogens with zero attached hydrogens (tertiary/aromatic N) is 1. The van der Waals surface area contributed by atoms with Crippen molar-refractivity contribution in [3.8, 4) is 0 Å². The van der Waals surface area contributed by atoms with Crippen molar-refractivity contribution >= 4 is 5.69 Å². The van der Waals surface area contributed by atoms with Gasteiger partial charge in [0.2, 0.25) is 0 Å². The van der Waals surface area contributed by atoms with Gasteiger partial charge in [0.05, 0.1) is 0 Å². The van der Waals surface area contributed by atoms with Crippen molar-refractivity contribution in [2.24, 2.45) is 0 Å². The number of benzene rings is 1. The van der Waals surface area contributed by atoms with Crippen LogP contribution < -0.4 is 5.73 Å². The molecule has 0 aliphatic heterocycles. The van der Waals surface area contributed by atoms with Gasteiger partial charge in [-0.3, -0.25) is 0 Å². The van der Waals surface area contributed by atoms with Crippen LogP contribution in [0.3, 0.4) is 0 Å². The maximum Gasteiger partial charge on any atom is 0.0349 e. The predicted octanol–water partition coefficient (Wildman–Crippen LogP) is 2.08. The number of hydrogen-bond acceptors (Lipinski definition) is 2. The lowest BCUT2D eigenvalue weighted by atomic mass is 10.1. The molecular weight excluding hydrogens is 184 g/mol. The largest absolute Gasteiger partial charge is 0.398 e. The lowest BCUT2D eigenvalue weighted by Gasteiger charge is -2.25. The molecule has 0 fully saturated rings. The second-order valence-corrected chi connectivity index (χ2v) is 4.27. The maximum absolute atomic E-state index is 6.00. The summed E-state index contributed by atoms with van der Waals surface area (Å²) in [7, 11) is 0. The molecule has 0 amide bonds. The van der Waals surface area contributed by atoms with Gasteiger partial charge in [-0.2, -0.15) is 0 Å². The number of hydrogen-bond donors (Lipinski definition) is 1. The SMILES string of the molecule is CCN(CC)C1Cc2cccc(N)c2C1. The minimum absolute atomic E-state index is 0.666. The number of rotatable bonds is 3. The van der Waals surface area contributed by atoms with Crippen molar-refractivity contribution in [1.29, 1.82) is 0 Å². The van der Waals surface area contributed by atoms with Crippen LogP contribution in [0.1, 0.15) is 25.0 Å². The molecule has 15 heavy (non-hydrogen) atoms. The van der Waals surface area contributed by atoms with E-state index in [4.69, 9.17) is 5.73 Å². The quantitative estimate of drug-likeness (QED) is 0.764. The van der Waals surface area contributed by atoms with E-state index in [1.165, 1.54) is 17.5 Å². The Hall–Kier alpha value is -1.02. The zero-order valence-electron chi connectivity index (χ0n) is 9.66. The van der Waals surface area contributed by atoms with Gasteiger partial charge in [-0.25, -0.2) is 0 Å². The molecule has 1 unspecified atom stereocenters. The fourth-order valence-electron chi connectivity index (χ4n) is 2.65. The van der Waals surface area contributed by atoms with Gasteiger partial charge in [0.15, 0.2) is 0 Å². The van der Waals surface area contributed by atoms with E-state index in [2.05, 4.69) is 30.9 Å². The molecule has 0 heterocycles. The lowest BCUT2D eigenvalue weighted by Crippen LogP contribution is -2.35. The molecule has 2 N–H and O–H groups in total. The van der Waals surface area contributed by atoms with Crippen LogP contribution in [-0.2, 0) is 12.8 Å². The van der Waals surface area contributed by atoms with Crippen molar-refractivity contribution < 1.29 is 0 Å². The molecule has 2 heteroatoms. The lowest BCUT2D eigenvalue weighted by molar-refractivity contribution is 0.223. The molecule has 0 saturated carbocycles. The standard InChI is InChI=1S/C13H20N2/c1-3-15(4-2)11-8-10-6-5-7-13(14)12(10)9-11/h5-7,11H,3-4,8-9,14H2,1-2H3. The van der Waals surface area contributed by atoms with E-state index in [0.29, 0.717) is 6.04 Å². The summed E-state index contributed by atoms with van der Waals surface area (Å²) >= 11 is 0. The third-order valence-corrected chi connectivity index (χ3v) is 3.53. The molecule has 0 saturated heterocycles. The Morgan fingerprint density at radius 2 is 2.00 bits per heavy atom. The highest BCUT2D eigenvalue weighted by atomic mass is 15.1. The van der Waals surface area contributed by atoms with E-state index < -0.39 is 0 Å².